The van der Waals surface area contributed by atoms with Gasteiger partial charge in [-0.3, -0.25) is 9.89 Å². The molecule has 2 aliphatic rings. The van der Waals surface area contributed by atoms with Gasteiger partial charge in [0.05, 0.1) is 11.8 Å². The number of likely N-dealkylation sites (tertiary alicyclic amines) is 1. The number of nitrogens with one attached hydrogen (secondary N) is 4. The monoisotopic (exact) mass is 364 g/mol. The van der Waals surface area contributed by atoms with E-state index in [1.807, 2.05) is 0 Å². The van der Waals surface area contributed by atoms with E-state index in [4.69, 9.17) is 0 Å². The van der Waals surface area contributed by atoms with Gasteiger partial charge in [-0.2, -0.15) is 5.10 Å². The average molecular weight is 364 g/mol. The van der Waals surface area contributed by atoms with Gasteiger partial charge in [0, 0.05) is 18.3 Å². The summed E-state index contributed by atoms with van der Waals surface area (Å²) < 4.78 is 0. The van der Waals surface area contributed by atoms with Crippen molar-refractivity contribution in [1.29, 1.82) is 0 Å². The lowest BCUT2D eigenvalue weighted by molar-refractivity contribution is 0.0864. The lowest BCUT2D eigenvalue weighted by Gasteiger charge is -2.29. The maximum atomic E-state index is 12.5. The molecule has 2 fully saturated rings. The molecule has 1 aromatic heterocycles. The van der Waals surface area contributed by atoms with E-state index < -0.39 is 0 Å². The fourth-order valence-corrected chi connectivity index (χ4v) is 3.53. The first-order chi connectivity index (χ1) is 12.5. The van der Waals surface area contributed by atoms with Crippen LogP contribution in [-0.2, 0) is 0 Å². The maximum absolute atomic E-state index is 12.5. The summed E-state index contributed by atoms with van der Waals surface area (Å²) in [6, 6.07) is -0.150. The van der Waals surface area contributed by atoms with Gasteiger partial charge in [0.25, 0.3) is 5.91 Å². The summed E-state index contributed by atoms with van der Waals surface area (Å²) in [5, 5.41) is 24.8. The van der Waals surface area contributed by atoms with Crippen LogP contribution in [0.25, 0.3) is 0 Å². The van der Waals surface area contributed by atoms with Crippen molar-refractivity contribution in [2.75, 3.05) is 25.5 Å². The summed E-state index contributed by atoms with van der Waals surface area (Å²) in [7, 11) is 2.07. The highest BCUT2D eigenvalue weighted by Crippen LogP contribution is 2.19. The second kappa shape index (κ2) is 8.50. The second-order valence-electron chi connectivity index (χ2n) is 7.30. The smallest absolute Gasteiger partial charge is 0.319 e. The molecular weight excluding hydrogens is 336 g/mol. The van der Waals surface area contributed by atoms with E-state index in [-0.39, 0.29) is 35.8 Å². The number of amides is 3. The fraction of sp³-hybridized carbons (Fsp3) is 0.706. The molecule has 9 nitrogen and oxygen atoms in total. The quantitative estimate of drug-likeness (QED) is 0.537. The summed E-state index contributed by atoms with van der Waals surface area (Å²) in [5.41, 5.74) is 0.540. The highest BCUT2D eigenvalue weighted by atomic mass is 16.3. The number of hydrogen-bond donors (Lipinski definition) is 5. The molecular formula is C17H28N6O3. The van der Waals surface area contributed by atoms with Gasteiger partial charge in [0.15, 0.2) is 5.69 Å². The molecule has 0 aromatic carbocycles. The Morgan fingerprint density at radius 1 is 1.12 bits per heavy atom. The van der Waals surface area contributed by atoms with Gasteiger partial charge in [-0.25, -0.2) is 4.79 Å². The third kappa shape index (κ3) is 4.95. The Balaban J connectivity index is 1.51. The number of piperidine rings is 1. The molecule has 0 radical (unpaired) electrons. The molecule has 144 valence electrons. The number of H-pyrrole nitrogens is 1. The topological polar surface area (TPSA) is 122 Å². The van der Waals surface area contributed by atoms with Crippen LogP contribution in [0.4, 0.5) is 10.5 Å². The Morgan fingerprint density at radius 3 is 2.46 bits per heavy atom. The summed E-state index contributed by atoms with van der Waals surface area (Å²) in [5.74, 6) is -0.317. The molecule has 3 rings (SSSR count). The minimum Gasteiger partial charge on any atom is -0.393 e. The molecule has 2 heterocycles. The Hall–Kier alpha value is -2.13. The molecule has 1 saturated carbocycles. The van der Waals surface area contributed by atoms with Crippen LogP contribution in [0.15, 0.2) is 6.20 Å². The van der Waals surface area contributed by atoms with Crippen molar-refractivity contribution in [2.45, 2.75) is 56.7 Å². The van der Waals surface area contributed by atoms with Crippen LogP contribution >= 0.6 is 0 Å². The van der Waals surface area contributed by atoms with Gasteiger partial charge in [-0.1, -0.05) is 0 Å². The number of hydrogen-bond acceptors (Lipinski definition) is 5. The third-order valence-electron chi connectivity index (χ3n) is 5.19. The maximum Gasteiger partial charge on any atom is 0.319 e. The number of carbonyl (C=O) groups excluding carboxylic acids is 2. The SMILES string of the molecule is CN1CCC(NC(=O)Nc2c[nH]nc2C(=O)NC2CCC(O)CC2)CC1. The van der Waals surface area contributed by atoms with Crippen LogP contribution in [0.2, 0.25) is 0 Å². The number of aliphatic hydroxyl groups is 1. The molecule has 1 saturated heterocycles. The molecule has 1 aromatic rings. The number of aromatic nitrogens is 2. The standard InChI is InChI=1S/C17H28N6O3/c1-23-8-6-12(7-9-23)20-17(26)21-14-10-18-22-15(14)16(25)19-11-2-4-13(24)5-3-11/h10-13,24H,2-9H2,1H3,(H,18,22)(H,19,25)(H2,20,21,26). The number of nitrogens with zero attached hydrogens (tertiary/aromatic N) is 2. The van der Waals surface area contributed by atoms with Crippen molar-refractivity contribution < 1.29 is 14.7 Å². The highest BCUT2D eigenvalue weighted by molar-refractivity contribution is 6.01. The molecule has 5 N–H and O–H groups in total. The van der Waals surface area contributed by atoms with Crippen LogP contribution in [0.1, 0.15) is 49.0 Å². The van der Waals surface area contributed by atoms with Gasteiger partial charge in [-0.05, 0) is 58.7 Å². The van der Waals surface area contributed by atoms with Crippen LogP contribution in [-0.4, -0.2) is 70.5 Å². The van der Waals surface area contributed by atoms with Gasteiger partial charge >= 0.3 is 6.03 Å². The molecule has 1 aliphatic carbocycles. The largest absolute Gasteiger partial charge is 0.393 e. The zero-order valence-electron chi connectivity index (χ0n) is 15.1. The van der Waals surface area contributed by atoms with E-state index in [0.717, 1.165) is 38.8 Å². The van der Waals surface area contributed by atoms with E-state index in [1.54, 1.807) is 0 Å². The average Bonchev–Trinajstić information content (AvgIpc) is 3.07. The second-order valence-corrected chi connectivity index (χ2v) is 7.30. The van der Waals surface area contributed by atoms with E-state index >= 15 is 0 Å². The molecule has 9 heteroatoms. The van der Waals surface area contributed by atoms with Crippen LogP contribution in [0.3, 0.4) is 0 Å². The van der Waals surface area contributed by atoms with E-state index in [1.165, 1.54) is 6.20 Å². The first-order valence-corrected chi connectivity index (χ1v) is 9.30. The van der Waals surface area contributed by atoms with E-state index in [0.29, 0.717) is 18.5 Å². The number of anilines is 1. The Labute approximate surface area is 152 Å². The summed E-state index contributed by atoms with van der Waals surface area (Å²) in [4.78, 5) is 26.9. The van der Waals surface area contributed by atoms with Crippen molar-refractivity contribution in [3.8, 4) is 0 Å². The van der Waals surface area contributed by atoms with Gasteiger partial charge < -0.3 is 26.0 Å². The van der Waals surface area contributed by atoms with Gasteiger partial charge in [0.1, 0.15) is 0 Å². The zero-order chi connectivity index (χ0) is 18.5. The number of aliphatic hydroxyl groups excluding tert-OH is 1. The third-order valence-corrected chi connectivity index (χ3v) is 5.19. The lowest BCUT2D eigenvalue weighted by atomic mass is 9.93. The van der Waals surface area contributed by atoms with Crippen molar-refractivity contribution in [3.63, 3.8) is 0 Å². The van der Waals surface area contributed by atoms with Crippen molar-refractivity contribution in [2.24, 2.45) is 0 Å². The van der Waals surface area contributed by atoms with E-state index in [9.17, 15) is 14.7 Å². The predicted octanol–water partition coefficient (Wildman–Crippen LogP) is 0.659. The Kier molecular flexibility index (Phi) is 6.10. The Bertz CT molecular complexity index is 618. The minimum absolute atomic E-state index is 0.0310. The van der Waals surface area contributed by atoms with Gasteiger partial charge in [0.2, 0.25) is 0 Å². The summed E-state index contributed by atoms with van der Waals surface area (Å²) >= 11 is 0. The number of urea groups is 1. The molecule has 0 bridgehead atoms. The number of aromatic amines is 1. The normalized spacial score (nSPS) is 24.8. The van der Waals surface area contributed by atoms with Crippen LogP contribution in [0.5, 0.6) is 0 Å². The van der Waals surface area contributed by atoms with Crippen molar-refractivity contribution >= 4 is 17.6 Å². The lowest BCUT2D eigenvalue weighted by Crippen LogP contribution is -2.45. The Morgan fingerprint density at radius 2 is 1.77 bits per heavy atom. The van der Waals surface area contributed by atoms with E-state index in [2.05, 4.69) is 38.1 Å². The molecule has 26 heavy (non-hydrogen) atoms. The molecule has 3 amide bonds. The van der Waals surface area contributed by atoms with Crippen LogP contribution < -0.4 is 16.0 Å². The fourth-order valence-electron chi connectivity index (χ4n) is 3.53. The molecule has 1 aliphatic heterocycles. The van der Waals surface area contributed by atoms with Gasteiger partial charge in [-0.15, -0.1) is 0 Å². The van der Waals surface area contributed by atoms with Crippen molar-refractivity contribution in [3.05, 3.63) is 11.9 Å². The number of carbonyl (C=O) groups is 2. The summed E-state index contributed by atoms with van der Waals surface area (Å²) in [6.07, 6.45) is 5.94. The minimum atomic E-state index is -0.323. The van der Waals surface area contributed by atoms with Crippen LogP contribution in [0, 0.1) is 0 Å². The molecule has 0 unspecified atom stereocenters. The first-order valence-electron chi connectivity index (χ1n) is 9.30. The zero-order valence-corrected chi connectivity index (χ0v) is 15.1. The van der Waals surface area contributed by atoms with Crippen molar-refractivity contribution in [1.82, 2.24) is 25.7 Å². The summed E-state index contributed by atoms with van der Waals surface area (Å²) in [6.45, 7) is 1.92. The molecule has 0 atom stereocenters. The highest BCUT2D eigenvalue weighted by Gasteiger charge is 2.24. The predicted molar refractivity (Wildman–Crippen MR) is 97.0 cm³/mol. The number of rotatable bonds is 4. The molecule has 0 spiro atoms. The first kappa shape index (κ1) is 18.7.